The number of hydrogen-bond acceptors (Lipinski definition) is 3. The average Bonchev–Trinajstić information content (AvgIpc) is 2.47. The second kappa shape index (κ2) is 6.75. The van der Waals surface area contributed by atoms with Crippen LogP contribution in [0.4, 0.5) is 0 Å². The molecule has 104 valence electrons. The summed E-state index contributed by atoms with van der Waals surface area (Å²) in [6.07, 6.45) is 2.80. The Balaban J connectivity index is 2.31. The molecular formula is C17H18O3. The van der Waals surface area contributed by atoms with Crippen LogP contribution in [0.3, 0.4) is 0 Å². The van der Waals surface area contributed by atoms with Crippen molar-refractivity contribution in [3.63, 3.8) is 0 Å². The van der Waals surface area contributed by atoms with Gasteiger partial charge in [0.15, 0.2) is 6.29 Å². The van der Waals surface area contributed by atoms with Gasteiger partial charge in [-0.1, -0.05) is 31.5 Å². The van der Waals surface area contributed by atoms with Crippen molar-refractivity contribution in [2.24, 2.45) is 0 Å². The Kier molecular flexibility index (Phi) is 4.77. The number of phenols is 1. The average molecular weight is 270 g/mol. The fourth-order valence-corrected chi connectivity index (χ4v) is 1.95. The largest absolute Gasteiger partial charge is 0.508 e. The van der Waals surface area contributed by atoms with Crippen LogP contribution in [0, 0.1) is 0 Å². The first-order valence-electron chi connectivity index (χ1n) is 6.76. The molecular weight excluding hydrogens is 252 g/mol. The van der Waals surface area contributed by atoms with Crippen molar-refractivity contribution >= 4 is 6.29 Å². The van der Waals surface area contributed by atoms with E-state index in [4.69, 9.17) is 4.74 Å². The van der Waals surface area contributed by atoms with Crippen LogP contribution in [0.1, 0.15) is 30.1 Å². The van der Waals surface area contributed by atoms with E-state index in [1.807, 2.05) is 18.2 Å². The van der Waals surface area contributed by atoms with E-state index in [0.717, 1.165) is 30.3 Å². The van der Waals surface area contributed by atoms with E-state index in [2.05, 4.69) is 6.92 Å². The molecule has 0 radical (unpaired) electrons. The molecule has 3 nitrogen and oxygen atoms in total. The van der Waals surface area contributed by atoms with E-state index in [9.17, 15) is 9.90 Å². The van der Waals surface area contributed by atoms with Crippen LogP contribution < -0.4 is 4.74 Å². The van der Waals surface area contributed by atoms with Gasteiger partial charge in [-0.3, -0.25) is 4.79 Å². The minimum absolute atomic E-state index is 0.218. The molecule has 0 heterocycles. The molecule has 0 amide bonds. The highest BCUT2D eigenvalue weighted by Crippen LogP contribution is 2.28. The van der Waals surface area contributed by atoms with Gasteiger partial charge in [0, 0.05) is 0 Å². The molecule has 0 aliphatic carbocycles. The standard InChI is InChI=1S/C17H18O3/c1-2-3-9-20-17-11-14(7-8-15(17)12-18)13-5-4-6-16(19)10-13/h4-8,10-12,19H,2-3,9H2,1H3. The van der Waals surface area contributed by atoms with Crippen molar-refractivity contribution in [3.8, 4) is 22.6 Å². The summed E-state index contributed by atoms with van der Waals surface area (Å²) < 4.78 is 5.67. The monoisotopic (exact) mass is 270 g/mol. The Hall–Kier alpha value is -2.29. The van der Waals surface area contributed by atoms with Gasteiger partial charge in [0.05, 0.1) is 12.2 Å². The predicted molar refractivity (Wildman–Crippen MR) is 79.3 cm³/mol. The van der Waals surface area contributed by atoms with E-state index in [0.29, 0.717) is 17.9 Å². The van der Waals surface area contributed by atoms with Gasteiger partial charge in [-0.25, -0.2) is 0 Å². The summed E-state index contributed by atoms with van der Waals surface area (Å²) in [5.74, 6) is 0.810. The van der Waals surface area contributed by atoms with E-state index < -0.39 is 0 Å². The van der Waals surface area contributed by atoms with Gasteiger partial charge >= 0.3 is 0 Å². The number of phenolic OH excluding ortho intramolecular Hbond substituents is 1. The number of aromatic hydroxyl groups is 1. The number of ether oxygens (including phenoxy) is 1. The van der Waals surface area contributed by atoms with Gasteiger partial charge < -0.3 is 9.84 Å². The third kappa shape index (κ3) is 3.38. The summed E-state index contributed by atoms with van der Waals surface area (Å²) in [6.45, 7) is 2.69. The van der Waals surface area contributed by atoms with Gasteiger partial charge in [-0.15, -0.1) is 0 Å². The molecule has 20 heavy (non-hydrogen) atoms. The molecule has 0 aliphatic rings. The second-order valence-electron chi connectivity index (χ2n) is 4.62. The van der Waals surface area contributed by atoms with Crippen molar-refractivity contribution in [2.45, 2.75) is 19.8 Å². The van der Waals surface area contributed by atoms with Gasteiger partial charge in [0.2, 0.25) is 0 Å². The summed E-state index contributed by atoms with van der Waals surface area (Å²) in [4.78, 5) is 11.0. The maximum absolute atomic E-state index is 11.0. The van der Waals surface area contributed by atoms with Crippen LogP contribution in [-0.4, -0.2) is 18.0 Å². The zero-order valence-corrected chi connectivity index (χ0v) is 11.5. The molecule has 0 unspecified atom stereocenters. The molecule has 2 aromatic rings. The zero-order valence-electron chi connectivity index (χ0n) is 11.5. The Labute approximate surface area is 118 Å². The highest BCUT2D eigenvalue weighted by molar-refractivity contribution is 5.82. The highest BCUT2D eigenvalue weighted by Gasteiger charge is 2.06. The molecule has 0 aliphatic heterocycles. The van der Waals surface area contributed by atoms with Crippen LogP contribution >= 0.6 is 0 Å². The van der Waals surface area contributed by atoms with Gasteiger partial charge in [-0.05, 0) is 41.8 Å². The van der Waals surface area contributed by atoms with Crippen LogP contribution in [0.25, 0.3) is 11.1 Å². The zero-order chi connectivity index (χ0) is 14.4. The van der Waals surface area contributed by atoms with Crippen molar-refractivity contribution < 1.29 is 14.6 Å². The molecule has 0 bridgehead atoms. The molecule has 0 atom stereocenters. The van der Waals surface area contributed by atoms with Crippen molar-refractivity contribution in [2.75, 3.05) is 6.61 Å². The molecule has 0 fully saturated rings. The van der Waals surface area contributed by atoms with Gasteiger partial charge in [0.25, 0.3) is 0 Å². The first-order valence-corrected chi connectivity index (χ1v) is 6.76. The number of carbonyl (C=O) groups excluding carboxylic acids is 1. The molecule has 0 aromatic heterocycles. The maximum Gasteiger partial charge on any atom is 0.153 e. The molecule has 2 aromatic carbocycles. The summed E-state index contributed by atoms with van der Waals surface area (Å²) >= 11 is 0. The number of rotatable bonds is 6. The van der Waals surface area contributed by atoms with Crippen LogP contribution in [0.5, 0.6) is 11.5 Å². The molecule has 3 heteroatoms. The third-order valence-electron chi connectivity index (χ3n) is 3.08. The summed E-state index contributed by atoms with van der Waals surface area (Å²) in [7, 11) is 0. The maximum atomic E-state index is 11.0. The van der Waals surface area contributed by atoms with E-state index in [1.54, 1.807) is 24.3 Å². The molecule has 0 spiro atoms. The van der Waals surface area contributed by atoms with Crippen LogP contribution in [-0.2, 0) is 0 Å². The molecule has 2 rings (SSSR count). The lowest BCUT2D eigenvalue weighted by Crippen LogP contribution is -1.99. The lowest BCUT2D eigenvalue weighted by atomic mass is 10.0. The first-order chi connectivity index (χ1) is 9.74. The minimum Gasteiger partial charge on any atom is -0.508 e. The van der Waals surface area contributed by atoms with Crippen molar-refractivity contribution in [3.05, 3.63) is 48.0 Å². The summed E-state index contributed by atoms with van der Waals surface area (Å²) in [6, 6.07) is 12.4. The van der Waals surface area contributed by atoms with Crippen LogP contribution in [0.2, 0.25) is 0 Å². The quantitative estimate of drug-likeness (QED) is 0.636. The lowest BCUT2D eigenvalue weighted by Gasteiger charge is -2.10. The van der Waals surface area contributed by atoms with Crippen molar-refractivity contribution in [1.82, 2.24) is 0 Å². The Morgan fingerprint density at radius 3 is 2.65 bits per heavy atom. The van der Waals surface area contributed by atoms with E-state index in [-0.39, 0.29) is 5.75 Å². The van der Waals surface area contributed by atoms with Gasteiger partial charge in [-0.2, -0.15) is 0 Å². The predicted octanol–water partition coefficient (Wildman–Crippen LogP) is 4.05. The smallest absolute Gasteiger partial charge is 0.153 e. The Morgan fingerprint density at radius 2 is 1.95 bits per heavy atom. The molecule has 0 saturated carbocycles. The fourth-order valence-electron chi connectivity index (χ4n) is 1.95. The molecule has 0 saturated heterocycles. The minimum atomic E-state index is 0.218. The highest BCUT2D eigenvalue weighted by atomic mass is 16.5. The number of hydrogen-bond donors (Lipinski definition) is 1. The van der Waals surface area contributed by atoms with Gasteiger partial charge in [0.1, 0.15) is 11.5 Å². The SMILES string of the molecule is CCCCOc1cc(-c2cccc(O)c2)ccc1C=O. The number of benzene rings is 2. The normalized spacial score (nSPS) is 10.2. The van der Waals surface area contributed by atoms with E-state index >= 15 is 0 Å². The number of unbranched alkanes of at least 4 members (excludes halogenated alkanes) is 1. The fraction of sp³-hybridized carbons (Fsp3) is 0.235. The Bertz CT molecular complexity index is 591. The molecule has 1 N–H and O–H groups in total. The second-order valence-corrected chi connectivity index (χ2v) is 4.62. The third-order valence-corrected chi connectivity index (χ3v) is 3.08. The van der Waals surface area contributed by atoms with Crippen molar-refractivity contribution in [1.29, 1.82) is 0 Å². The number of carbonyl (C=O) groups is 1. The van der Waals surface area contributed by atoms with Crippen LogP contribution in [0.15, 0.2) is 42.5 Å². The summed E-state index contributed by atoms with van der Waals surface area (Å²) in [5, 5.41) is 9.53. The first kappa shape index (κ1) is 14.1. The lowest BCUT2D eigenvalue weighted by molar-refractivity contribution is 0.111. The number of aldehydes is 1. The Morgan fingerprint density at radius 1 is 1.15 bits per heavy atom. The topological polar surface area (TPSA) is 46.5 Å². The van der Waals surface area contributed by atoms with E-state index in [1.165, 1.54) is 0 Å². The summed E-state index contributed by atoms with van der Waals surface area (Å²) in [5.41, 5.74) is 2.35.